The Morgan fingerprint density at radius 1 is 1.25 bits per heavy atom. The van der Waals surface area contributed by atoms with Gasteiger partial charge in [-0.05, 0) is 24.1 Å². The van der Waals surface area contributed by atoms with Crippen LogP contribution in [0.2, 0.25) is 0 Å². The fourth-order valence-electron chi connectivity index (χ4n) is 3.14. The molecular formula is C19H19N3O2. The summed E-state index contributed by atoms with van der Waals surface area (Å²) in [5.74, 6) is -0.0387. The number of ether oxygens (including phenoxy) is 1. The molecule has 2 aromatic heterocycles. The highest BCUT2D eigenvalue weighted by Gasteiger charge is 2.41. The van der Waals surface area contributed by atoms with Crippen LogP contribution in [0.4, 0.5) is 0 Å². The number of pyridine rings is 1. The maximum Gasteiger partial charge on any atom is 0.226 e. The molecule has 5 nitrogen and oxygen atoms in total. The van der Waals surface area contributed by atoms with E-state index in [9.17, 15) is 4.79 Å². The van der Waals surface area contributed by atoms with Gasteiger partial charge in [0.2, 0.25) is 5.91 Å². The largest absolute Gasteiger partial charge is 0.376 e. The Morgan fingerprint density at radius 3 is 2.71 bits per heavy atom. The summed E-state index contributed by atoms with van der Waals surface area (Å²) in [5, 5.41) is 3.14. The number of aryl methyl sites for hydroxylation is 1. The monoisotopic (exact) mass is 321 g/mol. The molecular weight excluding hydrogens is 302 g/mol. The number of aromatic nitrogens is 2. The Hall–Kier alpha value is -2.66. The van der Waals surface area contributed by atoms with Gasteiger partial charge in [-0.15, -0.1) is 0 Å². The predicted octanol–water partition coefficient (Wildman–Crippen LogP) is 2.23. The van der Waals surface area contributed by atoms with E-state index in [2.05, 4.69) is 10.3 Å². The van der Waals surface area contributed by atoms with Crippen LogP contribution in [0.3, 0.4) is 0 Å². The Bertz CT molecular complexity index is 882. The lowest BCUT2D eigenvalue weighted by molar-refractivity contribution is -0.133. The molecule has 0 aliphatic carbocycles. The minimum atomic E-state index is -0.409. The van der Waals surface area contributed by atoms with Crippen molar-refractivity contribution in [1.82, 2.24) is 14.7 Å². The van der Waals surface area contributed by atoms with Crippen LogP contribution in [0.25, 0.3) is 5.65 Å². The highest BCUT2D eigenvalue weighted by molar-refractivity contribution is 5.79. The summed E-state index contributed by atoms with van der Waals surface area (Å²) in [7, 11) is 0. The standard InChI is InChI=1S/C19H19N3O2/c1-14-6-5-9-22-11-16(20-18(14)22)10-17(23)21-19(12-24-13-19)15-7-3-2-4-8-15/h2-9,11H,10,12-13H2,1H3,(H,21,23). The van der Waals surface area contributed by atoms with E-state index in [1.807, 2.05) is 66.2 Å². The average Bonchev–Trinajstić information content (AvgIpc) is 2.95. The van der Waals surface area contributed by atoms with Crippen LogP contribution in [0.15, 0.2) is 54.9 Å². The molecule has 5 heteroatoms. The zero-order valence-electron chi connectivity index (χ0n) is 13.5. The van der Waals surface area contributed by atoms with Gasteiger partial charge in [0, 0.05) is 12.4 Å². The minimum Gasteiger partial charge on any atom is -0.376 e. The molecule has 3 aromatic rings. The second-order valence-electron chi connectivity index (χ2n) is 6.32. The van der Waals surface area contributed by atoms with Crippen molar-refractivity contribution in [1.29, 1.82) is 0 Å². The van der Waals surface area contributed by atoms with Gasteiger partial charge >= 0.3 is 0 Å². The topological polar surface area (TPSA) is 55.6 Å². The molecule has 0 atom stereocenters. The zero-order chi connectivity index (χ0) is 16.6. The lowest BCUT2D eigenvalue weighted by Crippen LogP contribution is -2.59. The second kappa shape index (κ2) is 5.76. The van der Waals surface area contributed by atoms with Gasteiger partial charge in [-0.1, -0.05) is 36.4 Å². The maximum atomic E-state index is 12.5. The van der Waals surface area contributed by atoms with E-state index in [4.69, 9.17) is 4.74 Å². The Balaban J connectivity index is 1.52. The summed E-state index contributed by atoms with van der Waals surface area (Å²) in [6.45, 7) is 3.03. The lowest BCUT2D eigenvalue weighted by atomic mass is 9.88. The molecule has 4 rings (SSSR count). The summed E-state index contributed by atoms with van der Waals surface area (Å²) in [5.41, 5.74) is 3.43. The fourth-order valence-corrected chi connectivity index (χ4v) is 3.14. The van der Waals surface area contributed by atoms with Crippen LogP contribution in [-0.2, 0) is 21.5 Å². The number of rotatable bonds is 4. The molecule has 0 spiro atoms. The highest BCUT2D eigenvalue weighted by atomic mass is 16.5. The molecule has 1 aromatic carbocycles. The molecule has 0 saturated carbocycles. The van der Waals surface area contributed by atoms with E-state index in [-0.39, 0.29) is 12.3 Å². The number of imidazole rings is 1. The number of carbonyl (C=O) groups is 1. The van der Waals surface area contributed by atoms with E-state index in [1.54, 1.807) is 0 Å². The van der Waals surface area contributed by atoms with E-state index < -0.39 is 5.54 Å². The van der Waals surface area contributed by atoms with Gasteiger partial charge < -0.3 is 14.5 Å². The molecule has 122 valence electrons. The van der Waals surface area contributed by atoms with E-state index in [1.165, 1.54) is 0 Å². The molecule has 1 saturated heterocycles. The van der Waals surface area contributed by atoms with Crippen molar-refractivity contribution < 1.29 is 9.53 Å². The van der Waals surface area contributed by atoms with Crippen molar-refractivity contribution in [2.45, 2.75) is 18.9 Å². The van der Waals surface area contributed by atoms with E-state index >= 15 is 0 Å². The molecule has 0 radical (unpaired) electrons. The Morgan fingerprint density at radius 2 is 2.04 bits per heavy atom. The first kappa shape index (κ1) is 14.9. The maximum absolute atomic E-state index is 12.5. The Kier molecular flexibility index (Phi) is 3.58. The summed E-state index contributed by atoms with van der Waals surface area (Å²) in [6.07, 6.45) is 4.12. The third kappa shape index (κ3) is 2.57. The number of benzene rings is 1. The summed E-state index contributed by atoms with van der Waals surface area (Å²) in [6, 6.07) is 14.0. The molecule has 1 fully saturated rings. The fraction of sp³-hybridized carbons (Fsp3) is 0.263. The van der Waals surface area contributed by atoms with Crippen LogP contribution < -0.4 is 5.32 Å². The van der Waals surface area contributed by atoms with Crippen LogP contribution >= 0.6 is 0 Å². The summed E-state index contributed by atoms with van der Waals surface area (Å²) in [4.78, 5) is 17.1. The first-order chi connectivity index (χ1) is 11.7. The smallest absolute Gasteiger partial charge is 0.226 e. The number of hydrogen-bond donors (Lipinski definition) is 1. The van der Waals surface area contributed by atoms with Crippen molar-refractivity contribution in [2.75, 3.05) is 13.2 Å². The van der Waals surface area contributed by atoms with Crippen LogP contribution in [0.5, 0.6) is 0 Å². The molecule has 1 aliphatic rings. The molecule has 3 heterocycles. The van der Waals surface area contributed by atoms with Crippen LogP contribution in [0.1, 0.15) is 16.8 Å². The number of carbonyl (C=O) groups excluding carboxylic acids is 1. The summed E-state index contributed by atoms with van der Waals surface area (Å²) >= 11 is 0. The summed E-state index contributed by atoms with van der Waals surface area (Å²) < 4.78 is 7.33. The first-order valence-corrected chi connectivity index (χ1v) is 8.04. The van der Waals surface area contributed by atoms with Crippen LogP contribution in [0, 0.1) is 6.92 Å². The van der Waals surface area contributed by atoms with Gasteiger partial charge in [0.25, 0.3) is 0 Å². The van der Waals surface area contributed by atoms with Gasteiger partial charge in [-0.3, -0.25) is 4.79 Å². The van der Waals surface area contributed by atoms with Crippen LogP contribution in [-0.4, -0.2) is 28.5 Å². The minimum absolute atomic E-state index is 0.0387. The normalized spacial score (nSPS) is 15.9. The zero-order valence-corrected chi connectivity index (χ0v) is 13.5. The van der Waals surface area contributed by atoms with Gasteiger partial charge in [-0.2, -0.15) is 0 Å². The third-order valence-electron chi connectivity index (χ3n) is 4.47. The first-order valence-electron chi connectivity index (χ1n) is 8.04. The molecule has 24 heavy (non-hydrogen) atoms. The molecule has 0 bridgehead atoms. The van der Waals surface area contributed by atoms with Crippen molar-refractivity contribution in [2.24, 2.45) is 0 Å². The number of nitrogens with one attached hydrogen (secondary N) is 1. The Labute approximate surface area is 140 Å². The van der Waals surface area contributed by atoms with E-state index in [0.717, 1.165) is 22.5 Å². The third-order valence-corrected chi connectivity index (χ3v) is 4.47. The average molecular weight is 321 g/mol. The van der Waals surface area contributed by atoms with Crippen molar-refractivity contribution >= 4 is 11.6 Å². The second-order valence-corrected chi connectivity index (χ2v) is 6.32. The number of amides is 1. The number of hydrogen-bond acceptors (Lipinski definition) is 3. The number of nitrogens with zero attached hydrogens (tertiary/aromatic N) is 2. The van der Waals surface area contributed by atoms with Gasteiger partial charge in [0.05, 0.1) is 25.3 Å². The SMILES string of the molecule is Cc1cccn2cc(CC(=O)NC3(c4ccccc4)COC3)nc12. The molecule has 1 N–H and O–H groups in total. The van der Waals surface area contributed by atoms with Gasteiger partial charge in [0.1, 0.15) is 11.2 Å². The van der Waals surface area contributed by atoms with Crippen molar-refractivity contribution in [3.63, 3.8) is 0 Å². The van der Waals surface area contributed by atoms with E-state index in [0.29, 0.717) is 13.2 Å². The van der Waals surface area contributed by atoms with Gasteiger partial charge in [-0.25, -0.2) is 4.98 Å². The van der Waals surface area contributed by atoms with Gasteiger partial charge in [0.15, 0.2) is 0 Å². The van der Waals surface area contributed by atoms with Crippen molar-refractivity contribution in [3.8, 4) is 0 Å². The lowest BCUT2D eigenvalue weighted by Gasteiger charge is -2.42. The quantitative estimate of drug-likeness (QED) is 0.802. The highest BCUT2D eigenvalue weighted by Crippen LogP contribution is 2.29. The molecule has 0 unspecified atom stereocenters. The molecule has 1 amide bonds. The number of fused-ring (bicyclic) bond motifs is 1. The predicted molar refractivity (Wildman–Crippen MR) is 90.7 cm³/mol. The molecule has 1 aliphatic heterocycles. The van der Waals surface area contributed by atoms with Crippen molar-refractivity contribution in [3.05, 3.63) is 71.7 Å².